The maximum Gasteiger partial charge on any atom is 0.221 e. The van der Waals surface area contributed by atoms with Crippen molar-refractivity contribution in [2.45, 2.75) is 19.3 Å². The lowest BCUT2D eigenvalue weighted by molar-refractivity contribution is -0.117. The fourth-order valence-corrected chi connectivity index (χ4v) is 2.42. The second-order valence-electron chi connectivity index (χ2n) is 5.77. The van der Waals surface area contributed by atoms with Crippen molar-refractivity contribution in [2.24, 2.45) is 5.73 Å². The SMILES string of the molecule is NC(=O)Cc1ccc(OCCNCCCc2ccc(F)cc2)c(O)c1. The Bertz CT molecular complexity index is 690. The third kappa shape index (κ3) is 6.81. The molecule has 25 heavy (non-hydrogen) atoms. The van der Waals surface area contributed by atoms with Gasteiger partial charge in [-0.3, -0.25) is 4.79 Å². The number of phenols is 1. The van der Waals surface area contributed by atoms with E-state index < -0.39 is 5.91 Å². The third-order valence-corrected chi connectivity index (χ3v) is 3.67. The molecule has 1 amide bonds. The van der Waals surface area contributed by atoms with Crippen molar-refractivity contribution in [3.8, 4) is 11.5 Å². The Balaban J connectivity index is 1.61. The Morgan fingerprint density at radius 1 is 1.12 bits per heavy atom. The van der Waals surface area contributed by atoms with E-state index in [1.165, 1.54) is 18.2 Å². The fourth-order valence-electron chi connectivity index (χ4n) is 2.42. The molecule has 2 rings (SSSR count). The van der Waals surface area contributed by atoms with Gasteiger partial charge in [0.15, 0.2) is 11.5 Å². The summed E-state index contributed by atoms with van der Waals surface area (Å²) >= 11 is 0. The molecule has 4 N–H and O–H groups in total. The highest BCUT2D eigenvalue weighted by molar-refractivity contribution is 5.76. The van der Waals surface area contributed by atoms with Crippen LogP contribution in [0.5, 0.6) is 11.5 Å². The van der Waals surface area contributed by atoms with Crippen LogP contribution in [0.4, 0.5) is 4.39 Å². The van der Waals surface area contributed by atoms with Crippen molar-refractivity contribution in [3.05, 3.63) is 59.4 Å². The lowest BCUT2D eigenvalue weighted by Crippen LogP contribution is -2.22. The van der Waals surface area contributed by atoms with Crippen molar-refractivity contribution in [1.29, 1.82) is 0 Å². The summed E-state index contributed by atoms with van der Waals surface area (Å²) in [6.45, 7) is 1.88. The summed E-state index contributed by atoms with van der Waals surface area (Å²) in [5.41, 5.74) is 6.88. The van der Waals surface area contributed by atoms with E-state index in [4.69, 9.17) is 10.5 Å². The summed E-state index contributed by atoms with van der Waals surface area (Å²) in [4.78, 5) is 10.9. The smallest absolute Gasteiger partial charge is 0.221 e. The average molecular weight is 346 g/mol. The van der Waals surface area contributed by atoms with Gasteiger partial charge in [-0.05, 0) is 54.8 Å². The van der Waals surface area contributed by atoms with Gasteiger partial charge in [0, 0.05) is 6.54 Å². The molecule has 6 heteroatoms. The van der Waals surface area contributed by atoms with Gasteiger partial charge in [-0.25, -0.2) is 4.39 Å². The minimum atomic E-state index is -0.446. The van der Waals surface area contributed by atoms with E-state index >= 15 is 0 Å². The van der Waals surface area contributed by atoms with Gasteiger partial charge in [0.05, 0.1) is 6.42 Å². The number of carbonyl (C=O) groups is 1. The van der Waals surface area contributed by atoms with Crippen LogP contribution in [0, 0.1) is 5.82 Å². The number of aromatic hydroxyl groups is 1. The number of primary amides is 1. The van der Waals surface area contributed by atoms with Gasteiger partial charge in [0.1, 0.15) is 12.4 Å². The third-order valence-electron chi connectivity index (χ3n) is 3.67. The zero-order chi connectivity index (χ0) is 18.1. The molecule has 5 nitrogen and oxygen atoms in total. The highest BCUT2D eigenvalue weighted by Gasteiger charge is 2.05. The number of hydrogen-bond acceptors (Lipinski definition) is 4. The summed E-state index contributed by atoms with van der Waals surface area (Å²) < 4.78 is 18.3. The predicted octanol–water partition coefficient (Wildman–Crippen LogP) is 2.16. The van der Waals surface area contributed by atoms with Crippen LogP contribution < -0.4 is 15.8 Å². The Hall–Kier alpha value is -2.60. The van der Waals surface area contributed by atoms with E-state index in [1.807, 2.05) is 0 Å². The largest absolute Gasteiger partial charge is 0.504 e. The molecule has 0 aliphatic carbocycles. The van der Waals surface area contributed by atoms with Crippen molar-refractivity contribution >= 4 is 5.91 Å². The van der Waals surface area contributed by atoms with E-state index in [2.05, 4.69) is 5.32 Å². The van der Waals surface area contributed by atoms with Gasteiger partial charge in [-0.15, -0.1) is 0 Å². The number of carbonyl (C=O) groups excluding carboxylic acids is 1. The first-order valence-corrected chi connectivity index (χ1v) is 8.23. The molecule has 0 aliphatic heterocycles. The zero-order valence-electron chi connectivity index (χ0n) is 14.0. The second-order valence-corrected chi connectivity index (χ2v) is 5.77. The van der Waals surface area contributed by atoms with Crippen molar-refractivity contribution in [1.82, 2.24) is 5.32 Å². The summed E-state index contributed by atoms with van der Waals surface area (Å²) in [7, 11) is 0. The van der Waals surface area contributed by atoms with E-state index in [0.717, 1.165) is 24.9 Å². The minimum absolute atomic E-state index is 0.00457. The lowest BCUT2D eigenvalue weighted by Gasteiger charge is -2.10. The molecule has 2 aromatic rings. The maximum absolute atomic E-state index is 12.8. The molecule has 0 spiro atoms. The standard InChI is InChI=1S/C19H23FN2O3/c20-16-6-3-14(4-7-16)2-1-9-22-10-11-25-18-8-5-15(12-17(18)23)13-19(21)24/h3-8,12,22-23H,1-2,9-11,13H2,(H2,21,24). The van der Waals surface area contributed by atoms with Gasteiger partial charge in [0.25, 0.3) is 0 Å². The first-order chi connectivity index (χ1) is 12.0. The molecule has 2 aromatic carbocycles. The van der Waals surface area contributed by atoms with Crippen LogP contribution in [-0.4, -0.2) is 30.7 Å². The Morgan fingerprint density at radius 3 is 2.52 bits per heavy atom. The number of ether oxygens (including phenoxy) is 1. The number of benzene rings is 2. The number of halogens is 1. The number of amides is 1. The number of aryl methyl sites for hydroxylation is 1. The Morgan fingerprint density at radius 2 is 1.84 bits per heavy atom. The van der Waals surface area contributed by atoms with Gasteiger partial charge in [0.2, 0.25) is 5.91 Å². The highest BCUT2D eigenvalue weighted by Crippen LogP contribution is 2.26. The number of hydrogen-bond donors (Lipinski definition) is 3. The molecule has 0 bridgehead atoms. The predicted molar refractivity (Wildman–Crippen MR) is 94.1 cm³/mol. The molecular weight excluding hydrogens is 323 g/mol. The first-order valence-electron chi connectivity index (χ1n) is 8.23. The van der Waals surface area contributed by atoms with Crippen LogP contribution in [0.1, 0.15) is 17.5 Å². The van der Waals surface area contributed by atoms with E-state index in [0.29, 0.717) is 24.5 Å². The van der Waals surface area contributed by atoms with Crippen molar-refractivity contribution < 1.29 is 19.0 Å². The molecule has 0 radical (unpaired) electrons. The Labute approximate surface area is 146 Å². The minimum Gasteiger partial charge on any atom is -0.504 e. The van der Waals surface area contributed by atoms with E-state index in [9.17, 15) is 14.3 Å². The van der Waals surface area contributed by atoms with Gasteiger partial charge >= 0.3 is 0 Å². The van der Waals surface area contributed by atoms with Crippen LogP contribution in [0.15, 0.2) is 42.5 Å². The average Bonchev–Trinajstić information content (AvgIpc) is 2.57. The van der Waals surface area contributed by atoms with Crippen LogP contribution in [0.25, 0.3) is 0 Å². The number of rotatable bonds is 10. The topological polar surface area (TPSA) is 84.6 Å². The fraction of sp³-hybridized carbons (Fsp3) is 0.316. The highest BCUT2D eigenvalue weighted by atomic mass is 19.1. The summed E-state index contributed by atoms with van der Waals surface area (Å²) in [5, 5.41) is 13.1. The van der Waals surface area contributed by atoms with E-state index in [1.54, 1.807) is 24.3 Å². The maximum atomic E-state index is 12.8. The number of nitrogens with two attached hydrogens (primary N) is 1. The molecule has 0 unspecified atom stereocenters. The molecule has 0 saturated heterocycles. The van der Waals surface area contributed by atoms with Crippen LogP contribution >= 0.6 is 0 Å². The molecule has 134 valence electrons. The molecule has 0 atom stereocenters. The summed E-state index contributed by atoms with van der Waals surface area (Å²) in [5.74, 6) is -0.292. The van der Waals surface area contributed by atoms with Crippen molar-refractivity contribution in [3.63, 3.8) is 0 Å². The molecular formula is C19H23FN2O3. The molecule has 0 heterocycles. The van der Waals surface area contributed by atoms with Gasteiger partial charge in [-0.2, -0.15) is 0 Å². The van der Waals surface area contributed by atoms with Crippen LogP contribution in [0.3, 0.4) is 0 Å². The summed E-state index contributed by atoms with van der Waals surface area (Å²) in [6, 6.07) is 11.3. The van der Waals surface area contributed by atoms with E-state index in [-0.39, 0.29) is 18.0 Å². The molecule has 0 fully saturated rings. The first kappa shape index (κ1) is 18.7. The Kier molecular flexibility index (Phi) is 7.22. The summed E-state index contributed by atoms with van der Waals surface area (Å²) in [6.07, 6.45) is 1.92. The van der Waals surface area contributed by atoms with Crippen molar-refractivity contribution in [2.75, 3.05) is 19.7 Å². The number of phenolic OH excluding ortho intramolecular Hbond substituents is 1. The van der Waals surface area contributed by atoms with Crippen LogP contribution in [-0.2, 0) is 17.6 Å². The molecule has 0 saturated carbocycles. The van der Waals surface area contributed by atoms with Gasteiger partial charge in [-0.1, -0.05) is 18.2 Å². The monoisotopic (exact) mass is 346 g/mol. The molecule has 0 aromatic heterocycles. The zero-order valence-corrected chi connectivity index (χ0v) is 14.0. The van der Waals surface area contributed by atoms with Crippen LogP contribution in [0.2, 0.25) is 0 Å². The quantitative estimate of drug-likeness (QED) is 0.576. The normalized spacial score (nSPS) is 10.6. The lowest BCUT2D eigenvalue weighted by atomic mass is 10.1. The second kappa shape index (κ2) is 9.64. The van der Waals surface area contributed by atoms with Gasteiger partial charge < -0.3 is 20.9 Å². The molecule has 0 aliphatic rings. The number of nitrogens with one attached hydrogen (secondary N) is 1.